The van der Waals surface area contributed by atoms with E-state index in [1.165, 1.54) is 0 Å². The van der Waals surface area contributed by atoms with Crippen LogP contribution < -0.4 is 10.0 Å². The predicted octanol–water partition coefficient (Wildman–Crippen LogP) is 3.00. The zero-order valence-electron chi connectivity index (χ0n) is 11.3. The highest BCUT2D eigenvalue weighted by atomic mass is 79.9. The molecule has 1 aromatic carbocycles. The topological polar surface area (TPSA) is 58.2 Å². The van der Waals surface area contributed by atoms with Crippen LogP contribution >= 0.6 is 15.9 Å². The summed E-state index contributed by atoms with van der Waals surface area (Å²) >= 11 is 2.84. The molecule has 118 valence electrons. The lowest BCUT2D eigenvalue weighted by Crippen LogP contribution is -2.36. The number of hydrogen-bond acceptors (Lipinski definition) is 3. The number of piperidine rings is 1. The number of hydrogen-bond donors (Lipinski definition) is 2. The highest BCUT2D eigenvalue weighted by Crippen LogP contribution is 2.24. The predicted molar refractivity (Wildman–Crippen MR) is 81.7 cm³/mol. The Morgan fingerprint density at radius 3 is 2.71 bits per heavy atom. The Hall–Kier alpha value is -0.730. The van der Waals surface area contributed by atoms with Crippen LogP contribution in [0.15, 0.2) is 16.6 Å². The molecule has 1 atom stereocenters. The molecule has 1 aromatic rings. The molecule has 0 radical (unpaired) electrons. The van der Waals surface area contributed by atoms with Crippen molar-refractivity contribution in [3.63, 3.8) is 0 Å². The van der Waals surface area contributed by atoms with Gasteiger partial charge in [0.05, 0.1) is 15.9 Å². The lowest BCUT2D eigenvalue weighted by molar-refractivity contribution is 0.393. The second kappa shape index (κ2) is 7.02. The molecule has 4 nitrogen and oxygen atoms in total. The van der Waals surface area contributed by atoms with E-state index in [9.17, 15) is 17.2 Å². The minimum Gasteiger partial charge on any atom is -0.314 e. The minimum absolute atomic E-state index is 0.0469. The number of anilines is 1. The summed E-state index contributed by atoms with van der Waals surface area (Å²) < 4.78 is 52.9. The van der Waals surface area contributed by atoms with E-state index >= 15 is 0 Å². The summed E-state index contributed by atoms with van der Waals surface area (Å²) in [6, 6.07) is 1.90. The van der Waals surface area contributed by atoms with Gasteiger partial charge in [0.2, 0.25) is 10.0 Å². The minimum atomic E-state index is -3.70. The molecule has 1 aliphatic heterocycles. The van der Waals surface area contributed by atoms with Gasteiger partial charge in [0, 0.05) is 12.1 Å². The summed E-state index contributed by atoms with van der Waals surface area (Å²) in [5, 5.41) is 3.25. The quantitative estimate of drug-likeness (QED) is 0.769. The van der Waals surface area contributed by atoms with E-state index < -0.39 is 21.7 Å². The largest absolute Gasteiger partial charge is 0.314 e. The van der Waals surface area contributed by atoms with Crippen molar-refractivity contribution < 1.29 is 17.2 Å². The molecule has 2 N–H and O–H groups in total. The summed E-state index contributed by atoms with van der Waals surface area (Å²) in [6.45, 7) is 0.894. The van der Waals surface area contributed by atoms with Gasteiger partial charge in [0.25, 0.3) is 0 Å². The third kappa shape index (κ3) is 4.89. The molecule has 0 aliphatic carbocycles. The first-order chi connectivity index (χ1) is 9.87. The fourth-order valence-electron chi connectivity index (χ4n) is 2.29. The van der Waals surface area contributed by atoms with Gasteiger partial charge in [-0.25, -0.2) is 17.2 Å². The van der Waals surface area contributed by atoms with Crippen LogP contribution in [0, 0.1) is 11.6 Å². The van der Waals surface area contributed by atoms with Crippen molar-refractivity contribution in [2.75, 3.05) is 17.0 Å². The van der Waals surface area contributed by atoms with E-state index in [2.05, 4.69) is 26.0 Å². The maximum atomic E-state index is 13.6. The SMILES string of the molecule is O=S(=O)(CCC1CCCCN1)Nc1cc(F)c(Br)cc1F. The van der Waals surface area contributed by atoms with Crippen LogP contribution in [0.2, 0.25) is 0 Å². The van der Waals surface area contributed by atoms with Gasteiger partial charge in [0.15, 0.2) is 0 Å². The van der Waals surface area contributed by atoms with Gasteiger partial charge in [-0.05, 0) is 47.8 Å². The fourth-order valence-corrected chi connectivity index (χ4v) is 3.79. The second-order valence-electron chi connectivity index (χ2n) is 5.10. The van der Waals surface area contributed by atoms with E-state index in [1.807, 2.05) is 0 Å². The molecular weight excluding hydrogens is 366 g/mol. The van der Waals surface area contributed by atoms with Crippen molar-refractivity contribution in [1.29, 1.82) is 0 Å². The Labute approximate surface area is 131 Å². The van der Waals surface area contributed by atoms with Gasteiger partial charge in [0.1, 0.15) is 11.6 Å². The maximum Gasteiger partial charge on any atom is 0.232 e. The molecule has 0 amide bonds. The number of sulfonamides is 1. The van der Waals surface area contributed by atoms with Gasteiger partial charge in [-0.2, -0.15) is 0 Å². The van der Waals surface area contributed by atoms with Gasteiger partial charge in [-0.3, -0.25) is 4.72 Å². The lowest BCUT2D eigenvalue weighted by Gasteiger charge is -2.23. The first kappa shape index (κ1) is 16.6. The molecule has 8 heteroatoms. The third-order valence-corrected chi connectivity index (χ3v) is 5.33. The molecule has 1 unspecified atom stereocenters. The third-order valence-electron chi connectivity index (χ3n) is 3.42. The van der Waals surface area contributed by atoms with Crippen molar-refractivity contribution in [3.05, 3.63) is 28.2 Å². The summed E-state index contributed by atoms with van der Waals surface area (Å²) in [7, 11) is -3.70. The zero-order valence-corrected chi connectivity index (χ0v) is 13.7. The van der Waals surface area contributed by atoms with Gasteiger partial charge in [-0.1, -0.05) is 6.42 Å². The Kier molecular flexibility index (Phi) is 5.56. The molecule has 1 aliphatic rings. The molecule has 1 heterocycles. The van der Waals surface area contributed by atoms with Crippen LogP contribution in [0.4, 0.5) is 14.5 Å². The lowest BCUT2D eigenvalue weighted by atomic mass is 10.0. The molecule has 1 saturated heterocycles. The first-order valence-electron chi connectivity index (χ1n) is 6.76. The van der Waals surface area contributed by atoms with E-state index in [0.29, 0.717) is 6.42 Å². The van der Waals surface area contributed by atoms with Gasteiger partial charge < -0.3 is 5.32 Å². The standard InChI is InChI=1S/C13H17BrF2N2O2S/c14-10-7-12(16)13(8-11(10)15)18-21(19,20)6-4-9-3-1-2-5-17-9/h7-9,17-18H,1-6H2. The van der Waals surface area contributed by atoms with Crippen LogP contribution in [-0.2, 0) is 10.0 Å². The smallest absolute Gasteiger partial charge is 0.232 e. The molecule has 0 bridgehead atoms. The fraction of sp³-hybridized carbons (Fsp3) is 0.538. The highest BCUT2D eigenvalue weighted by molar-refractivity contribution is 9.10. The van der Waals surface area contributed by atoms with Crippen molar-refractivity contribution in [3.8, 4) is 0 Å². The number of rotatable bonds is 5. The monoisotopic (exact) mass is 382 g/mol. The number of nitrogens with one attached hydrogen (secondary N) is 2. The Balaban J connectivity index is 1.98. The molecule has 0 saturated carbocycles. The van der Waals surface area contributed by atoms with Crippen LogP contribution in [0.5, 0.6) is 0 Å². The molecule has 21 heavy (non-hydrogen) atoms. The maximum absolute atomic E-state index is 13.6. The molecule has 1 fully saturated rings. The summed E-state index contributed by atoms with van der Waals surface area (Å²) in [5.41, 5.74) is -0.368. The average Bonchev–Trinajstić information content (AvgIpc) is 2.44. The van der Waals surface area contributed by atoms with Gasteiger partial charge in [-0.15, -0.1) is 0 Å². The first-order valence-corrected chi connectivity index (χ1v) is 9.20. The average molecular weight is 383 g/mol. The zero-order chi connectivity index (χ0) is 15.5. The molecule has 0 spiro atoms. The van der Waals surface area contributed by atoms with Crippen LogP contribution in [0.25, 0.3) is 0 Å². The Morgan fingerprint density at radius 1 is 1.29 bits per heavy atom. The van der Waals surface area contributed by atoms with Crippen molar-refractivity contribution in [2.45, 2.75) is 31.7 Å². The molecule has 2 rings (SSSR count). The van der Waals surface area contributed by atoms with Gasteiger partial charge >= 0.3 is 0 Å². The summed E-state index contributed by atoms with van der Waals surface area (Å²) in [5.74, 6) is -1.66. The molecular formula is C13H17BrF2N2O2S. The van der Waals surface area contributed by atoms with Crippen molar-refractivity contribution in [1.82, 2.24) is 5.32 Å². The van der Waals surface area contributed by atoms with E-state index in [4.69, 9.17) is 0 Å². The van der Waals surface area contributed by atoms with E-state index in [-0.39, 0.29) is 22.0 Å². The summed E-state index contributed by atoms with van der Waals surface area (Å²) in [4.78, 5) is 0. The summed E-state index contributed by atoms with van der Waals surface area (Å²) in [6.07, 6.45) is 3.58. The van der Waals surface area contributed by atoms with Crippen molar-refractivity contribution >= 4 is 31.6 Å². The Bertz CT molecular complexity index is 604. The second-order valence-corrected chi connectivity index (χ2v) is 7.80. The molecule has 0 aromatic heterocycles. The van der Waals surface area contributed by atoms with E-state index in [0.717, 1.165) is 37.9 Å². The highest BCUT2D eigenvalue weighted by Gasteiger charge is 2.19. The van der Waals surface area contributed by atoms with E-state index in [1.54, 1.807) is 0 Å². The van der Waals surface area contributed by atoms with Crippen LogP contribution in [0.3, 0.4) is 0 Å². The number of benzene rings is 1. The number of halogens is 3. The van der Waals surface area contributed by atoms with Crippen molar-refractivity contribution in [2.24, 2.45) is 0 Å². The normalized spacial score (nSPS) is 19.5. The van der Waals surface area contributed by atoms with Crippen LogP contribution in [-0.4, -0.2) is 26.8 Å². The Morgan fingerprint density at radius 2 is 2.05 bits per heavy atom. The van der Waals surface area contributed by atoms with Crippen LogP contribution in [0.1, 0.15) is 25.7 Å².